The molecule has 1 aromatic rings. The van der Waals surface area contributed by atoms with Crippen LogP contribution >= 0.6 is 0 Å². The zero-order valence-corrected chi connectivity index (χ0v) is 9.00. The summed E-state index contributed by atoms with van der Waals surface area (Å²) in [7, 11) is 0. The van der Waals surface area contributed by atoms with Crippen LogP contribution in [-0.2, 0) is 6.42 Å². The Hall–Kier alpha value is -1.02. The van der Waals surface area contributed by atoms with Gasteiger partial charge < -0.3 is 10.6 Å². The number of hydrogen-bond donors (Lipinski definition) is 2. The lowest BCUT2D eigenvalue weighted by atomic mass is 9.87. The van der Waals surface area contributed by atoms with Crippen LogP contribution in [0.1, 0.15) is 18.4 Å². The van der Waals surface area contributed by atoms with Gasteiger partial charge in [-0.15, -0.1) is 0 Å². The summed E-state index contributed by atoms with van der Waals surface area (Å²) in [5.74, 6) is 0.780. The quantitative estimate of drug-likeness (QED) is 0.728. The Morgan fingerprint density at radius 2 is 2.13 bits per heavy atom. The fourth-order valence-corrected chi connectivity index (χ4v) is 2.86. The summed E-state index contributed by atoms with van der Waals surface area (Å²) in [4.78, 5) is 0. The third-order valence-corrected chi connectivity index (χ3v) is 3.72. The number of anilines is 1. The van der Waals surface area contributed by atoms with Gasteiger partial charge in [-0.2, -0.15) is 0 Å². The van der Waals surface area contributed by atoms with E-state index in [1.165, 1.54) is 37.1 Å². The summed E-state index contributed by atoms with van der Waals surface area (Å²) in [5.41, 5.74) is 2.83. The van der Waals surface area contributed by atoms with Crippen LogP contribution in [-0.4, -0.2) is 19.1 Å². The zero-order valence-electron chi connectivity index (χ0n) is 9.00. The van der Waals surface area contributed by atoms with Crippen molar-refractivity contribution in [3.05, 3.63) is 29.8 Å². The molecule has 0 bridgehead atoms. The lowest BCUT2D eigenvalue weighted by Gasteiger charge is -2.30. The molecule has 0 saturated carbocycles. The van der Waals surface area contributed by atoms with Gasteiger partial charge >= 0.3 is 0 Å². The fourth-order valence-electron chi connectivity index (χ4n) is 2.86. The lowest BCUT2D eigenvalue weighted by Crippen LogP contribution is -2.38. The van der Waals surface area contributed by atoms with E-state index in [4.69, 9.17) is 0 Å². The van der Waals surface area contributed by atoms with Crippen LogP contribution in [0.4, 0.5) is 5.69 Å². The van der Waals surface area contributed by atoms with E-state index < -0.39 is 0 Å². The smallest absolute Gasteiger partial charge is 0.0372 e. The van der Waals surface area contributed by atoms with E-state index in [9.17, 15) is 0 Å². The average Bonchev–Trinajstić information content (AvgIpc) is 2.82. The van der Waals surface area contributed by atoms with Gasteiger partial charge in [0.25, 0.3) is 0 Å². The monoisotopic (exact) mass is 202 g/mol. The Kier molecular flexibility index (Phi) is 2.37. The molecule has 3 rings (SSSR count). The molecular formula is C13H18N2. The minimum absolute atomic E-state index is 0.742. The van der Waals surface area contributed by atoms with E-state index >= 15 is 0 Å². The van der Waals surface area contributed by atoms with Gasteiger partial charge in [-0.05, 0) is 43.4 Å². The second-order valence-electron chi connectivity index (χ2n) is 4.71. The molecule has 2 N–H and O–H groups in total. The van der Waals surface area contributed by atoms with Crippen LogP contribution in [0.25, 0.3) is 0 Å². The topological polar surface area (TPSA) is 24.1 Å². The largest absolute Gasteiger partial charge is 0.384 e. The van der Waals surface area contributed by atoms with Gasteiger partial charge in [0.2, 0.25) is 0 Å². The molecule has 2 nitrogen and oxygen atoms in total. The van der Waals surface area contributed by atoms with E-state index in [-0.39, 0.29) is 0 Å². The van der Waals surface area contributed by atoms with Crippen molar-refractivity contribution in [2.45, 2.75) is 25.3 Å². The third kappa shape index (κ3) is 1.74. The Balaban J connectivity index is 1.76. The Bertz CT molecular complexity index is 342. The van der Waals surface area contributed by atoms with Crippen LogP contribution < -0.4 is 10.6 Å². The van der Waals surface area contributed by atoms with Gasteiger partial charge in [0.1, 0.15) is 0 Å². The number of nitrogens with one attached hydrogen (secondary N) is 2. The van der Waals surface area contributed by atoms with E-state index in [1.54, 1.807) is 0 Å². The van der Waals surface area contributed by atoms with E-state index in [1.807, 2.05) is 0 Å². The Morgan fingerprint density at radius 1 is 1.20 bits per heavy atom. The van der Waals surface area contributed by atoms with Crippen molar-refractivity contribution < 1.29 is 0 Å². The van der Waals surface area contributed by atoms with Gasteiger partial charge in [0, 0.05) is 18.3 Å². The lowest BCUT2D eigenvalue weighted by molar-refractivity contribution is 0.396. The van der Waals surface area contributed by atoms with E-state index in [0.29, 0.717) is 0 Å². The first-order chi connectivity index (χ1) is 7.43. The van der Waals surface area contributed by atoms with Crippen LogP contribution in [0.2, 0.25) is 0 Å². The summed E-state index contributed by atoms with van der Waals surface area (Å²) in [6, 6.07) is 9.44. The van der Waals surface area contributed by atoms with Gasteiger partial charge in [0.15, 0.2) is 0 Å². The highest BCUT2D eigenvalue weighted by atomic mass is 15.0. The number of hydrogen-bond acceptors (Lipinski definition) is 2. The van der Waals surface area contributed by atoms with Crippen LogP contribution in [0.3, 0.4) is 0 Å². The molecule has 15 heavy (non-hydrogen) atoms. The second kappa shape index (κ2) is 3.86. The summed E-state index contributed by atoms with van der Waals surface area (Å²) in [6.07, 6.45) is 3.94. The first-order valence-electron chi connectivity index (χ1n) is 5.98. The molecule has 2 aliphatic heterocycles. The highest BCUT2D eigenvalue weighted by molar-refractivity contribution is 5.53. The summed E-state index contributed by atoms with van der Waals surface area (Å²) in [5, 5.41) is 7.17. The van der Waals surface area contributed by atoms with Gasteiger partial charge in [-0.1, -0.05) is 18.2 Å². The SMILES string of the molecule is c1ccc2c(c1)CC(C1CCCN1)CN2. The van der Waals surface area contributed by atoms with Crippen molar-refractivity contribution in [2.24, 2.45) is 5.92 Å². The Morgan fingerprint density at radius 3 is 3.00 bits per heavy atom. The molecule has 2 heteroatoms. The van der Waals surface area contributed by atoms with E-state index in [2.05, 4.69) is 34.9 Å². The number of para-hydroxylation sites is 1. The maximum Gasteiger partial charge on any atom is 0.0372 e. The normalized spacial score (nSPS) is 29.6. The van der Waals surface area contributed by atoms with Crippen molar-refractivity contribution >= 4 is 5.69 Å². The minimum atomic E-state index is 0.742. The van der Waals surface area contributed by atoms with Gasteiger partial charge in [-0.3, -0.25) is 0 Å². The molecule has 2 unspecified atom stereocenters. The number of benzene rings is 1. The summed E-state index contributed by atoms with van der Waals surface area (Å²) < 4.78 is 0. The molecule has 0 spiro atoms. The van der Waals surface area contributed by atoms with Crippen LogP contribution in [0.5, 0.6) is 0 Å². The third-order valence-electron chi connectivity index (χ3n) is 3.72. The molecule has 2 aliphatic rings. The van der Waals surface area contributed by atoms with Crippen LogP contribution in [0.15, 0.2) is 24.3 Å². The Labute approximate surface area is 91.1 Å². The molecule has 2 atom stereocenters. The van der Waals surface area contributed by atoms with Crippen molar-refractivity contribution in [3.8, 4) is 0 Å². The van der Waals surface area contributed by atoms with Crippen LogP contribution in [0, 0.1) is 5.92 Å². The molecule has 0 amide bonds. The highest BCUT2D eigenvalue weighted by Gasteiger charge is 2.27. The molecule has 0 aliphatic carbocycles. The molecule has 2 heterocycles. The van der Waals surface area contributed by atoms with Crippen molar-refractivity contribution in [1.82, 2.24) is 5.32 Å². The first-order valence-corrected chi connectivity index (χ1v) is 5.98. The van der Waals surface area contributed by atoms with Gasteiger partial charge in [-0.25, -0.2) is 0 Å². The molecule has 1 fully saturated rings. The van der Waals surface area contributed by atoms with Crippen molar-refractivity contribution in [1.29, 1.82) is 0 Å². The fraction of sp³-hybridized carbons (Fsp3) is 0.538. The molecule has 0 aromatic heterocycles. The predicted octanol–water partition coefficient (Wildman–Crippen LogP) is 2.02. The molecule has 0 radical (unpaired) electrons. The summed E-state index contributed by atoms with van der Waals surface area (Å²) in [6.45, 7) is 2.34. The zero-order chi connectivity index (χ0) is 10.1. The molecule has 1 aromatic carbocycles. The van der Waals surface area contributed by atoms with Crippen molar-refractivity contribution in [3.63, 3.8) is 0 Å². The number of fused-ring (bicyclic) bond motifs is 1. The second-order valence-corrected chi connectivity index (χ2v) is 4.71. The average molecular weight is 202 g/mol. The van der Waals surface area contributed by atoms with E-state index in [0.717, 1.165) is 18.5 Å². The number of rotatable bonds is 1. The minimum Gasteiger partial charge on any atom is -0.384 e. The molecule has 80 valence electrons. The highest BCUT2D eigenvalue weighted by Crippen LogP contribution is 2.28. The molecule has 1 saturated heterocycles. The maximum atomic E-state index is 3.62. The summed E-state index contributed by atoms with van der Waals surface area (Å²) >= 11 is 0. The standard InChI is InChI=1S/C13H18N2/c1-2-5-12-10(4-1)8-11(9-15-12)13-6-3-7-14-13/h1-2,4-5,11,13-15H,3,6-9H2. The van der Waals surface area contributed by atoms with Crippen molar-refractivity contribution in [2.75, 3.05) is 18.4 Å². The first kappa shape index (κ1) is 9.22. The maximum absolute atomic E-state index is 3.62. The molecular weight excluding hydrogens is 184 g/mol. The van der Waals surface area contributed by atoms with Gasteiger partial charge in [0.05, 0.1) is 0 Å². The predicted molar refractivity (Wildman–Crippen MR) is 63.2 cm³/mol.